The van der Waals surface area contributed by atoms with E-state index in [9.17, 15) is 9.00 Å². The lowest BCUT2D eigenvalue weighted by Crippen LogP contribution is -2.48. The van der Waals surface area contributed by atoms with E-state index >= 15 is 0 Å². The highest BCUT2D eigenvalue weighted by Crippen LogP contribution is 2.24. The number of carbonyl (C=O) groups excluding carboxylic acids is 1. The van der Waals surface area contributed by atoms with E-state index in [2.05, 4.69) is 34.9 Å². The summed E-state index contributed by atoms with van der Waals surface area (Å²) in [6.45, 7) is 1.97. The molecule has 0 spiro atoms. The van der Waals surface area contributed by atoms with E-state index in [4.69, 9.17) is 0 Å². The summed E-state index contributed by atoms with van der Waals surface area (Å²) < 4.78 is 12.0. The molecule has 0 radical (unpaired) electrons. The quantitative estimate of drug-likeness (QED) is 0.889. The fourth-order valence-corrected chi connectivity index (χ4v) is 5.17. The number of fused-ring (bicyclic) bond motifs is 1. The molecule has 23 heavy (non-hydrogen) atoms. The fraction of sp³-hybridized carbons (Fsp3) is 0.611. The SMILES string of the molecule is CC[S@@](=O)[C@H]1CCC[C@H](NC(=O)NC2Cc3ccccc3C2)C1. The van der Waals surface area contributed by atoms with E-state index in [0.29, 0.717) is 5.75 Å². The Morgan fingerprint density at radius 3 is 2.43 bits per heavy atom. The molecule has 2 N–H and O–H groups in total. The van der Waals surface area contributed by atoms with Gasteiger partial charge in [0.25, 0.3) is 0 Å². The summed E-state index contributed by atoms with van der Waals surface area (Å²) in [7, 11) is -0.752. The number of amides is 2. The van der Waals surface area contributed by atoms with Crippen molar-refractivity contribution in [1.29, 1.82) is 0 Å². The standard InChI is InChI=1S/C18H26N2O2S/c1-2-23(22)17-9-5-8-15(12-17)19-18(21)20-16-10-13-6-3-4-7-14(13)11-16/h3-4,6-7,15-17H,2,5,8-12H2,1H3,(H2,19,20,21)/t15-,17-,23+/m0/s1. The first-order chi connectivity index (χ1) is 11.2. The summed E-state index contributed by atoms with van der Waals surface area (Å²) in [4.78, 5) is 12.3. The van der Waals surface area contributed by atoms with E-state index in [0.717, 1.165) is 38.5 Å². The molecule has 4 nitrogen and oxygen atoms in total. The first-order valence-electron chi connectivity index (χ1n) is 8.66. The normalized spacial score (nSPS) is 25.6. The monoisotopic (exact) mass is 334 g/mol. The summed E-state index contributed by atoms with van der Waals surface area (Å²) in [5.41, 5.74) is 2.68. The van der Waals surface area contributed by atoms with Gasteiger partial charge >= 0.3 is 6.03 Å². The van der Waals surface area contributed by atoms with E-state index < -0.39 is 10.8 Å². The molecule has 126 valence electrons. The molecule has 1 fully saturated rings. The van der Waals surface area contributed by atoms with Crippen LogP contribution in [0.1, 0.15) is 43.7 Å². The molecule has 0 bridgehead atoms. The van der Waals surface area contributed by atoms with E-state index in [1.807, 2.05) is 6.92 Å². The van der Waals surface area contributed by atoms with Crippen LogP contribution in [0.15, 0.2) is 24.3 Å². The lowest BCUT2D eigenvalue weighted by atomic mass is 9.95. The molecule has 0 saturated heterocycles. The minimum absolute atomic E-state index is 0.0734. The largest absolute Gasteiger partial charge is 0.335 e. The second-order valence-electron chi connectivity index (χ2n) is 6.65. The lowest BCUT2D eigenvalue weighted by molar-refractivity contribution is 0.229. The van der Waals surface area contributed by atoms with Crippen LogP contribution in [-0.2, 0) is 23.6 Å². The third-order valence-corrected chi connectivity index (χ3v) is 6.74. The second-order valence-corrected chi connectivity index (χ2v) is 8.65. The van der Waals surface area contributed by atoms with Crippen molar-refractivity contribution >= 4 is 16.8 Å². The highest BCUT2D eigenvalue weighted by Gasteiger charge is 2.28. The number of benzene rings is 1. The molecule has 3 atom stereocenters. The predicted octanol–water partition coefficient (Wildman–Crippen LogP) is 2.53. The van der Waals surface area contributed by atoms with E-state index in [1.165, 1.54) is 11.1 Å². The fourth-order valence-electron chi connectivity index (χ4n) is 3.82. The van der Waals surface area contributed by atoms with Gasteiger partial charge in [0.1, 0.15) is 0 Å². The van der Waals surface area contributed by atoms with Gasteiger partial charge in [-0.25, -0.2) is 4.79 Å². The van der Waals surface area contributed by atoms with Gasteiger partial charge in [0.15, 0.2) is 0 Å². The van der Waals surface area contributed by atoms with Crippen molar-refractivity contribution in [3.63, 3.8) is 0 Å². The van der Waals surface area contributed by atoms with Gasteiger partial charge in [0.2, 0.25) is 0 Å². The molecule has 0 unspecified atom stereocenters. The summed E-state index contributed by atoms with van der Waals surface area (Å²) >= 11 is 0. The van der Waals surface area contributed by atoms with Crippen LogP contribution < -0.4 is 10.6 Å². The minimum Gasteiger partial charge on any atom is -0.335 e. The van der Waals surface area contributed by atoms with Gasteiger partial charge in [-0.05, 0) is 43.2 Å². The van der Waals surface area contributed by atoms with Gasteiger partial charge in [-0.15, -0.1) is 0 Å². The zero-order chi connectivity index (χ0) is 16.2. The summed E-state index contributed by atoms with van der Waals surface area (Å²) in [6, 6.07) is 8.66. The van der Waals surface area contributed by atoms with Gasteiger partial charge in [-0.2, -0.15) is 0 Å². The first-order valence-corrected chi connectivity index (χ1v) is 10.0. The number of hydrogen-bond acceptors (Lipinski definition) is 2. The number of rotatable bonds is 4. The molecule has 0 aromatic heterocycles. The van der Waals surface area contributed by atoms with Gasteiger partial charge < -0.3 is 10.6 Å². The zero-order valence-corrected chi connectivity index (χ0v) is 14.5. The van der Waals surface area contributed by atoms with Crippen molar-refractivity contribution in [2.45, 2.75) is 62.8 Å². The van der Waals surface area contributed by atoms with Crippen LogP contribution in [0.25, 0.3) is 0 Å². The Kier molecular flexibility index (Phi) is 5.36. The Hall–Kier alpha value is -1.36. The van der Waals surface area contributed by atoms with Crippen LogP contribution in [0.2, 0.25) is 0 Å². The predicted molar refractivity (Wildman–Crippen MR) is 94.0 cm³/mol. The van der Waals surface area contributed by atoms with Gasteiger partial charge in [0, 0.05) is 33.9 Å². The Balaban J connectivity index is 1.48. The molecule has 5 heteroatoms. The average Bonchev–Trinajstić information content (AvgIpc) is 2.96. The summed E-state index contributed by atoms with van der Waals surface area (Å²) in [6.07, 6.45) is 5.75. The third kappa shape index (κ3) is 4.14. The molecular formula is C18H26N2O2S. The molecular weight excluding hydrogens is 308 g/mol. The van der Waals surface area contributed by atoms with Crippen molar-refractivity contribution in [2.24, 2.45) is 0 Å². The molecule has 2 amide bonds. The molecule has 1 aromatic rings. The van der Waals surface area contributed by atoms with Crippen molar-refractivity contribution in [2.75, 3.05) is 5.75 Å². The number of nitrogens with one attached hydrogen (secondary N) is 2. The lowest BCUT2D eigenvalue weighted by Gasteiger charge is -2.29. The Labute approximate surface area is 140 Å². The van der Waals surface area contributed by atoms with Crippen molar-refractivity contribution < 1.29 is 9.00 Å². The van der Waals surface area contributed by atoms with E-state index in [-0.39, 0.29) is 23.4 Å². The molecule has 1 saturated carbocycles. The molecule has 0 heterocycles. The third-order valence-electron chi connectivity index (χ3n) is 5.00. The maximum absolute atomic E-state index is 12.3. The molecule has 2 aliphatic rings. The highest BCUT2D eigenvalue weighted by atomic mass is 32.2. The van der Waals surface area contributed by atoms with Crippen LogP contribution in [0, 0.1) is 0 Å². The smallest absolute Gasteiger partial charge is 0.315 e. The minimum atomic E-state index is -0.752. The van der Waals surface area contributed by atoms with Gasteiger partial charge in [-0.1, -0.05) is 37.6 Å². The highest BCUT2D eigenvalue weighted by molar-refractivity contribution is 7.85. The molecule has 3 rings (SSSR count). The maximum atomic E-state index is 12.3. The Bertz CT molecular complexity index is 565. The second kappa shape index (κ2) is 7.47. The van der Waals surface area contributed by atoms with Crippen LogP contribution >= 0.6 is 0 Å². The van der Waals surface area contributed by atoms with Crippen LogP contribution in [0.5, 0.6) is 0 Å². The first kappa shape index (κ1) is 16.5. The number of urea groups is 1. The number of hydrogen-bond donors (Lipinski definition) is 2. The van der Waals surface area contributed by atoms with Gasteiger partial charge in [-0.3, -0.25) is 4.21 Å². The average molecular weight is 334 g/mol. The Morgan fingerprint density at radius 1 is 1.13 bits per heavy atom. The zero-order valence-electron chi connectivity index (χ0n) is 13.7. The van der Waals surface area contributed by atoms with Crippen molar-refractivity contribution in [1.82, 2.24) is 10.6 Å². The molecule has 1 aromatic carbocycles. The molecule has 0 aliphatic heterocycles. The van der Waals surface area contributed by atoms with Crippen molar-refractivity contribution in [3.8, 4) is 0 Å². The maximum Gasteiger partial charge on any atom is 0.315 e. The van der Waals surface area contributed by atoms with Crippen molar-refractivity contribution in [3.05, 3.63) is 35.4 Å². The van der Waals surface area contributed by atoms with Crippen LogP contribution in [-0.4, -0.2) is 33.3 Å². The summed E-state index contributed by atoms with van der Waals surface area (Å²) in [5.74, 6) is 0.712. The number of carbonyl (C=O) groups is 1. The van der Waals surface area contributed by atoms with Crippen LogP contribution in [0.3, 0.4) is 0 Å². The van der Waals surface area contributed by atoms with Gasteiger partial charge in [0.05, 0.1) is 0 Å². The summed E-state index contributed by atoms with van der Waals surface area (Å²) in [5, 5.41) is 6.45. The van der Waals surface area contributed by atoms with E-state index in [1.54, 1.807) is 0 Å². The Morgan fingerprint density at radius 2 is 1.78 bits per heavy atom. The molecule has 2 aliphatic carbocycles. The topological polar surface area (TPSA) is 58.2 Å². The van der Waals surface area contributed by atoms with Crippen LogP contribution in [0.4, 0.5) is 4.79 Å².